The van der Waals surface area contributed by atoms with Crippen LogP contribution in [0, 0.1) is 5.92 Å². The van der Waals surface area contributed by atoms with Crippen molar-refractivity contribution in [1.29, 1.82) is 0 Å². The zero-order chi connectivity index (χ0) is 13.9. The first-order valence-corrected chi connectivity index (χ1v) is 7.27. The number of carbonyl (C=O) groups excluding carboxylic acids is 2. The van der Waals surface area contributed by atoms with Crippen molar-refractivity contribution in [2.24, 2.45) is 5.92 Å². The number of amides is 2. The molecule has 4 heteroatoms. The number of cyclic esters (lactones) is 1. The number of nitrogens with zero attached hydrogens (tertiary/aromatic N) is 1. The lowest BCUT2D eigenvalue weighted by Gasteiger charge is -2.19. The third-order valence-electron chi connectivity index (χ3n) is 4.01. The minimum Gasteiger partial charge on any atom is -0.447 e. The molecule has 20 heavy (non-hydrogen) atoms. The van der Waals surface area contributed by atoms with Gasteiger partial charge in [-0.15, -0.1) is 0 Å². The van der Waals surface area contributed by atoms with E-state index in [1.165, 1.54) is 17.7 Å². The molecule has 0 radical (unpaired) electrons. The van der Waals surface area contributed by atoms with Gasteiger partial charge < -0.3 is 4.74 Å². The monoisotopic (exact) mass is 273 g/mol. The Morgan fingerprint density at radius 1 is 1.25 bits per heavy atom. The fraction of sp³-hybridized carbons (Fsp3) is 0.500. The van der Waals surface area contributed by atoms with Crippen molar-refractivity contribution in [1.82, 2.24) is 4.90 Å². The Morgan fingerprint density at radius 2 is 2.00 bits per heavy atom. The highest BCUT2D eigenvalue weighted by Gasteiger charge is 2.38. The van der Waals surface area contributed by atoms with E-state index in [1.807, 2.05) is 30.3 Å². The summed E-state index contributed by atoms with van der Waals surface area (Å²) in [6, 6.07) is 9.75. The fourth-order valence-corrected chi connectivity index (χ4v) is 2.66. The predicted molar refractivity (Wildman–Crippen MR) is 74.1 cm³/mol. The zero-order valence-corrected chi connectivity index (χ0v) is 11.5. The molecule has 0 spiro atoms. The van der Waals surface area contributed by atoms with Crippen LogP contribution in [-0.4, -0.2) is 29.5 Å². The first-order chi connectivity index (χ1) is 9.74. The van der Waals surface area contributed by atoms with Crippen molar-refractivity contribution in [3.8, 4) is 0 Å². The van der Waals surface area contributed by atoms with E-state index in [-0.39, 0.29) is 11.9 Å². The van der Waals surface area contributed by atoms with Gasteiger partial charge in [0.05, 0.1) is 6.04 Å². The molecule has 1 saturated carbocycles. The molecule has 1 aliphatic heterocycles. The van der Waals surface area contributed by atoms with Crippen molar-refractivity contribution in [2.45, 2.75) is 38.1 Å². The topological polar surface area (TPSA) is 46.6 Å². The number of ether oxygens (including phenoxy) is 1. The van der Waals surface area contributed by atoms with Gasteiger partial charge in [-0.05, 0) is 24.3 Å². The van der Waals surface area contributed by atoms with Gasteiger partial charge in [-0.25, -0.2) is 9.69 Å². The largest absolute Gasteiger partial charge is 0.447 e. The second-order valence-electron chi connectivity index (χ2n) is 5.67. The van der Waals surface area contributed by atoms with E-state index >= 15 is 0 Å². The van der Waals surface area contributed by atoms with E-state index in [1.54, 1.807) is 0 Å². The highest BCUT2D eigenvalue weighted by atomic mass is 16.6. The average molecular weight is 273 g/mol. The maximum absolute atomic E-state index is 12.2. The van der Waals surface area contributed by atoms with Gasteiger partial charge in [0, 0.05) is 6.42 Å². The minimum atomic E-state index is -0.480. The molecule has 2 aliphatic rings. The Morgan fingerprint density at radius 3 is 2.70 bits per heavy atom. The SMILES string of the molecule is O=C(CCC1CC1)N1C(=O)OC[C@@H]1Cc1ccccc1. The van der Waals surface area contributed by atoms with E-state index in [0.29, 0.717) is 25.4 Å². The van der Waals surface area contributed by atoms with Gasteiger partial charge in [-0.1, -0.05) is 43.2 Å². The van der Waals surface area contributed by atoms with E-state index in [4.69, 9.17) is 4.74 Å². The van der Waals surface area contributed by atoms with Gasteiger partial charge in [0.1, 0.15) is 6.61 Å². The Kier molecular flexibility index (Phi) is 3.72. The van der Waals surface area contributed by atoms with E-state index in [0.717, 1.165) is 12.0 Å². The Labute approximate surface area is 118 Å². The second-order valence-corrected chi connectivity index (χ2v) is 5.67. The predicted octanol–water partition coefficient (Wildman–Crippen LogP) is 2.77. The summed E-state index contributed by atoms with van der Waals surface area (Å²) >= 11 is 0. The molecular weight excluding hydrogens is 254 g/mol. The molecule has 1 aliphatic carbocycles. The Bertz CT molecular complexity index is 496. The first kappa shape index (κ1) is 13.2. The van der Waals surface area contributed by atoms with Crippen LogP contribution in [0.3, 0.4) is 0 Å². The molecule has 2 amide bonds. The zero-order valence-electron chi connectivity index (χ0n) is 11.5. The molecule has 0 aromatic heterocycles. The quantitative estimate of drug-likeness (QED) is 0.828. The highest BCUT2D eigenvalue weighted by Crippen LogP contribution is 2.34. The lowest BCUT2D eigenvalue weighted by Crippen LogP contribution is -2.40. The highest BCUT2D eigenvalue weighted by molar-refractivity contribution is 5.93. The van der Waals surface area contributed by atoms with Crippen molar-refractivity contribution >= 4 is 12.0 Å². The Balaban J connectivity index is 1.63. The lowest BCUT2D eigenvalue weighted by molar-refractivity contribution is -0.129. The number of hydrogen-bond donors (Lipinski definition) is 0. The van der Waals surface area contributed by atoms with Crippen molar-refractivity contribution < 1.29 is 14.3 Å². The normalized spacial score (nSPS) is 21.9. The maximum Gasteiger partial charge on any atom is 0.416 e. The molecular formula is C16H19NO3. The van der Waals surface area contributed by atoms with E-state index < -0.39 is 6.09 Å². The fourth-order valence-electron chi connectivity index (χ4n) is 2.66. The summed E-state index contributed by atoms with van der Waals surface area (Å²) in [6.45, 7) is 0.308. The number of imide groups is 1. The molecule has 1 atom stereocenters. The van der Waals surface area contributed by atoms with Gasteiger partial charge in [0.15, 0.2) is 0 Å². The van der Waals surface area contributed by atoms with Crippen LogP contribution in [0.25, 0.3) is 0 Å². The van der Waals surface area contributed by atoms with Gasteiger partial charge >= 0.3 is 6.09 Å². The molecule has 106 valence electrons. The summed E-state index contributed by atoms with van der Waals surface area (Å²) in [5.74, 6) is 0.616. The number of carbonyl (C=O) groups is 2. The van der Waals surface area contributed by atoms with Crippen LogP contribution >= 0.6 is 0 Å². The lowest BCUT2D eigenvalue weighted by atomic mass is 10.1. The summed E-state index contributed by atoms with van der Waals surface area (Å²) < 4.78 is 5.06. The van der Waals surface area contributed by atoms with Crippen LogP contribution in [0.4, 0.5) is 4.79 Å². The summed E-state index contributed by atoms with van der Waals surface area (Å²) in [4.78, 5) is 25.3. The molecule has 0 N–H and O–H groups in total. The second kappa shape index (κ2) is 5.65. The van der Waals surface area contributed by atoms with Gasteiger partial charge in [-0.2, -0.15) is 0 Å². The molecule has 1 aromatic carbocycles. The maximum atomic E-state index is 12.2. The number of benzene rings is 1. The average Bonchev–Trinajstić information content (AvgIpc) is 3.22. The molecule has 1 aromatic rings. The standard InChI is InChI=1S/C16H19NO3/c18-15(9-8-12-6-7-12)17-14(11-20-16(17)19)10-13-4-2-1-3-5-13/h1-5,12,14H,6-11H2/t14-/m0/s1. The molecule has 4 nitrogen and oxygen atoms in total. The van der Waals surface area contributed by atoms with Crippen LogP contribution < -0.4 is 0 Å². The Hall–Kier alpha value is -1.84. The molecule has 0 bridgehead atoms. The first-order valence-electron chi connectivity index (χ1n) is 7.27. The minimum absolute atomic E-state index is 0.0830. The van der Waals surface area contributed by atoms with Crippen LogP contribution in [0.1, 0.15) is 31.2 Å². The summed E-state index contributed by atoms with van der Waals surface area (Å²) in [6.07, 6.45) is 4.01. The molecule has 1 saturated heterocycles. The van der Waals surface area contributed by atoms with Crippen molar-refractivity contribution in [3.63, 3.8) is 0 Å². The third kappa shape index (κ3) is 3.00. The van der Waals surface area contributed by atoms with Crippen molar-refractivity contribution in [2.75, 3.05) is 6.61 Å². The van der Waals surface area contributed by atoms with Crippen LogP contribution in [-0.2, 0) is 16.0 Å². The molecule has 3 rings (SSSR count). The van der Waals surface area contributed by atoms with Crippen LogP contribution in [0.15, 0.2) is 30.3 Å². The number of hydrogen-bond acceptors (Lipinski definition) is 3. The molecule has 1 heterocycles. The molecule has 0 unspecified atom stereocenters. The summed E-state index contributed by atoms with van der Waals surface area (Å²) in [5.41, 5.74) is 1.12. The van der Waals surface area contributed by atoms with Gasteiger partial charge in [0.2, 0.25) is 5.91 Å². The third-order valence-corrected chi connectivity index (χ3v) is 4.01. The van der Waals surface area contributed by atoms with E-state index in [9.17, 15) is 9.59 Å². The van der Waals surface area contributed by atoms with E-state index in [2.05, 4.69) is 0 Å². The van der Waals surface area contributed by atoms with Crippen LogP contribution in [0.2, 0.25) is 0 Å². The molecule has 2 fully saturated rings. The summed E-state index contributed by atoms with van der Waals surface area (Å²) in [7, 11) is 0. The van der Waals surface area contributed by atoms with Gasteiger partial charge in [0.25, 0.3) is 0 Å². The summed E-state index contributed by atoms with van der Waals surface area (Å²) in [5, 5.41) is 0. The van der Waals surface area contributed by atoms with Gasteiger partial charge in [-0.3, -0.25) is 4.79 Å². The number of rotatable bonds is 5. The smallest absolute Gasteiger partial charge is 0.416 e. The van der Waals surface area contributed by atoms with Crippen molar-refractivity contribution in [3.05, 3.63) is 35.9 Å². The van der Waals surface area contributed by atoms with Crippen LogP contribution in [0.5, 0.6) is 0 Å².